The Kier molecular flexibility index (Phi) is 4.52. The third-order valence-corrected chi connectivity index (χ3v) is 3.09. The molecular weight excluding hydrogens is 246 g/mol. The highest BCUT2D eigenvalue weighted by atomic mass is 16.5. The van der Waals surface area contributed by atoms with Crippen molar-refractivity contribution in [3.05, 3.63) is 35.9 Å². The van der Waals surface area contributed by atoms with Crippen LogP contribution in [0.15, 0.2) is 30.3 Å². The maximum absolute atomic E-state index is 12.1. The Morgan fingerprint density at radius 2 is 2.05 bits per heavy atom. The molecule has 0 spiro atoms. The number of rotatable bonds is 4. The smallest absolute Gasteiger partial charge is 0.306 e. The number of ether oxygens (including phenoxy) is 1. The van der Waals surface area contributed by atoms with E-state index in [4.69, 9.17) is 9.84 Å². The number of morpholine rings is 1. The maximum atomic E-state index is 12.1. The van der Waals surface area contributed by atoms with E-state index in [1.165, 1.54) is 0 Å². The van der Waals surface area contributed by atoms with Crippen LogP contribution < -0.4 is 0 Å². The lowest BCUT2D eigenvalue weighted by atomic mass is 10.1. The summed E-state index contributed by atoms with van der Waals surface area (Å²) in [6.07, 6.45) is -0.110. The molecule has 0 aliphatic carbocycles. The summed E-state index contributed by atoms with van der Waals surface area (Å²) in [7, 11) is 0. The largest absolute Gasteiger partial charge is 0.481 e. The monoisotopic (exact) mass is 263 g/mol. The van der Waals surface area contributed by atoms with Gasteiger partial charge in [0.05, 0.1) is 25.6 Å². The molecule has 102 valence electrons. The Morgan fingerprint density at radius 3 is 2.74 bits per heavy atom. The molecular formula is C14H17NO4. The van der Waals surface area contributed by atoms with E-state index in [1.54, 1.807) is 4.90 Å². The van der Waals surface area contributed by atoms with Crippen molar-refractivity contribution in [3.8, 4) is 0 Å². The van der Waals surface area contributed by atoms with Crippen LogP contribution in [0.4, 0.5) is 0 Å². The summed E-state index contributed by atoms with van der Waals surface area (Å²) < 4.78 is 5.34. The molecule has 0 aromatic heterocycles. The number of carbonyl (C=O) groups excluding carboxylic acids is 1. The molecule has 1 heterocycles. The van der Waals surface area contributed by atoms with Crippen molar-refractivity contribution in [1.29, 1.82) is 0 Å². The number of hydrogen-bond donors (Lipinski definition) is 1. The van der Waals surface area contributed by atoms with E-state index in [2.05, 4.69) is 0 Å². The highest BCUT2D eigenvalue weighted by Crippen LogP contribution is 2.11. The van der Waals surface area contributed by atoms with Gasteiger partial charge in [0.25, 0.3) is 0 Å². The van der Waals surface area contributed by atoms with Crippen LogP contribution in [0.25, 0.3) is 0 Å². The van der Waals surface area contributed by atoms with Crippen molar-refractivity contribution in [2.24, 2.45) is 0 Å². The second-order valence-corrected chi connectivity index (χ2v) is 4.59. The second kappa shape index (κ2) is 6.33. The lowest BCUT2D eigenvalue weighted by Gasteiger charge is -2.32. The molecule has 1 fully saturated rings. The maximum Gasteiger partial charge on any atom is 0.306 e. The molecule has 0 saturated carbocycles. The molecule has 5 heteroatoms. The van der Waals surface area contributed by atoms with Crippen LogP contribution in [0.3, 0.4) is 0 Å². The number of benzene rings is 1. The fraction of sp³-hybridized carbons (Fsp3) is 0.429. The molecule has 1 unspecified atom stereocenters. The van der Waals surface area contributed by atoms with Gasteiger partial charge >= 0.3 is 5.97 Å². The Labute approximate surface area is 111 Å². The van der Waals surface area contributed by atoms with Crippen molar-refractivity contribution in [1.82, 2.24) is 4.90 Å². The molecule has 19 heavy (non-hydrogen) atoms. The molecule has 1 saturated heterocycles. The summed E-state index contributed by atoms with van der Waals surface area (Å²) >= 11 is 0. The minimum absolute atomic E-state index is 0.0184. The van der Waals surface area contributed by atoms with Gasteiger partial charge in [-0.3, -0.25) is 9.59 Å². The van der Waals surface area contributed by atoms with Gasteiger partial charge in [-0.25, -0.2) is 0 Å². The van der Waals surface area contributed by atoms with Gasteiger partial charge in [-0.05, 0) is 5.56 Å². The van der Waals surface area contributed by atoms with E-state index < -0.39 is 12.1 Å². The predicted molar refractivity (Wildman–Crippen MR) is 68.7 cm³/mol. The quantitative estimate of drug-likeness (QED) is 0.877. The minimum Gasteiger partial charge on any atom is -0.481 e. The highest BCUT2D eigenvalue weighted by Gasteiger charge is 2.25. The third kappa shape index (κ3) is 4.06. The summed E-state index contributed by atoms with van der Waals surface area (Å²) in [5, 5.41) is 8.74. The van der Waals surface area contributed by atoms with Gasteiger partial charge in [0.1, 0.15) is 0 Å². The van der Waals surface area contributed by atoms with Crippen LogP contribution in [0, 0.1) is 0 Å². The van der Waals surface area contributed by atoms with Gasteiger partial charge in [0.15, 0.2) is 0 Å². The van der Waals surface area contributed by atoms with Crippen molar-refractivity contribution < 1.29 is 19.4 Å². The van der Waals surface area contributed by atoms with E-state index in [-0.39, 0.29) is 12.3 Å². The molecule has 0 bridgehead atoms. The SMILES string of the molecule is O=C(O)CC1CN(C(=O)Cc2ccccc2)CCO1. The number of nitrogens with zero attached hydrogens (tertiary/aromatic N) is 1. The van der Waals surface area contributed by atoms with Crippen LogP contribution in [0.5, 0.6) is 0 Å². The predicted octanol–water partition coefficient (Wildman–Crippen LogP) is 0.931. The Balaban J connectivity index is 1.90. The van der Waals surface area contributed by atoms with Gasteiger partial charge in [-0.1, -0.05) is 30.3 Å². The normalized spacial score (nSPS) is 19.2. The van der Waals surface area contributed by atoms with Crippen LogP contribution in [-0.2, 0) is 20.7 Å². The fourth-order valence-corrected chi connectivity index (χ4v) is 2.15. The molecule has 1 aromatic carbocycles. The first kappa shape index (κ1) is 13.5. The third-order valence-electron chi connectivity index (χ3n) is 3.09. The number of carboxylic acids is 1. The first-order chi connectivity index (χ1) is 9.15. The van der Waals surface area contributed by atoms with E-state index >= 15 is 0 Å². The topological polar surface area (TPSA) is 66.8 Å². The standard InChI is InChI=1S/C14H17NO4/c16-13(8-11-4-2-1-3-5-11)15-6-7-19-12(10-15)9-14(17)18/h1-5,12H,6-10H2,(H,17,18). The first-order valence-electron chi connectivity index (χ1n) is 6.30. The van der Waals surface area contributed by atoms with Crippen molar-refractivity contribution in [2.75, 3.05) is 19.7 Å². The first-order valence-corrected chi connectivity index (χ1v) is 6.30. The molecule has 1 aromatic rings. The van der Waals surface area contributed by atoms with Crippen molar-refractivity contribution >= 4 is 11.9 Å². The number of hydrogen-bond acceptors (Lipinski definition) is 3. The van der Waals surface area contributed by atoms with Gasteiger partial charge in [-0.2, -0.15) is 0 Å². The molecule has 1 amide bonds. The van der Waals surface area contributed by atoms with Gasteiger partial charge in [0, 0.05) is 13.1 Å². The second-order valence-electron chi connectivity index (χ2n) is 4.59. The van der Waals surface area contributed by atoms with Crippen molar-refractivity contribution in [3.63, 3.8) is 0 Å². The summed E-state index contributed by atoms with van der Waals surface area (Å²) in [4.78, 5) is 24.5. The van der Waals surface area contributed by atoms with E-state index in [0.29, 0.717) is 26.1 Å². The van der Waals surface area contributed by atoms with E-state index in [1.807, 2.05) is 30.3 Å². The number of aliphatic carboxylic acids is 1. The lowest BCUT2D eigenvalue weighted by Crippen LogP contribution is -2.46. The van der Waals surface area contributed by atoms with Crippen LogP contribution >= 0.6 is 0 Å². The van der Waals surface area contributed by atoms with Gasteiger partial charge in [0.2, 0.25) is 5.91 Å². The Hall–Kier alpha value is -1.88. The summed E-state index contributed by atoms with van der Waals surface area (Å²) in [5.74, 6) is -0.882. The molecule has 1 N–H and O–H groups in total. The van der Waals surface area contributed by atoms with Crippen LogP contribution in [0.1, 0.15) is 12.0 Å². The highest BCUT2D eigenvalue weighted by molar-refractivity contribution is 5.79. The van der Waals surface area contributed by atoms with Crippen molar-refractivity contribution in [2.45, 2.75) is 18.9 Å². The Bertz CT molecular complexity index is 446. The lowest BCUT2D eigenvalue weighted by molar-refractivity contribution is -0.147. The van der Waals surface area contributed by atoms with Gasteiger partial charge in [-0.15, -0.1) is 0 Å². The summed E-state index contributed by atoms with van der Waals surface area (Å²) in [6.45, 7) is 1.29. The molecule has 1 aliphatic heterocycles. The molecule has 1 atom stereocenters. The zero-order chi connectivity index (χ0) is 13.7. The summed E-state index contributed by atoms with van der Waals surface area (Å²) in [5.41, 5.74) is 0.966. The average Bonchev–Trinajstić information content (AvgIpc) is 2.39. The molecule has 0 radical (unpaired) electrons. The van der Waals surface area contributed by atoms with Crippen LogP contribution in [0.2, 0.25) is 0 Å². The minimum atomic E-state index is -0.901. The van der Waals surface area contributed by atoms with E-state index in [9.17, 15) is 9.59 Å². The van der Waals surface area contributed by atoms with Gasteiger partial charge < -0.3 is 14.7 Å². The molecule has 1 aliphatic rings. The number of carbonyl (C=O) groups is 2. The summed E-state index contributed by atoms with van der Waals surface area (Å²) in [6, 6.07) is 9.52. The van der Waals surface area contributed by atoms with Crippen LogP contribution in [-0.4, -0.2) is 47.7 Å². The molecule has 2 rings (SSSR count). The number of carboxylic acid groups (broad SMARTS) is 1. The zero-order valence-corrected chi connectivity index (χ0v) is 10.6. The Morgan fingerprint density at radius 1 is 1.32 bits per heavy atom. The molecule has 5 nitrogen and oxygen atoms in total. The average molecular weight is 263 g/mol. The zero-order valence-electron chi connectivity index (χ0n) is 10.6. The van der Waals surface area contributed by atoms with E-state index in [0.717, 1.165) is 5.56 Å². The number of amides is 1. The fourth-order valence-electron chi connectivity index (χ4n) is 2.15.